The van der Waals surface area contributed by atoms with E-state index in [2.05, 4.69) is 13.0 Å². The quantitative estimate of drug-likeness (QED) is 0.394. The average molecular weight is 429 g/mol. The molecule has 0 bridgehead atoms. The molecule has 0 spiro atoms. The minimum Gasteiger partial charge on any atom is -0.478 e. The second-order valence-electron chi connectivity index (χ2n) is 8.30. The van der Waals surface area contributed by atoms with Crippen molar-refractivity contribution >= 4 is 11.6 Å². The van der Waals surface area contributed by atoms with Crippen LogP contribution < -0.4 is 0 Å². The van der Waals surface area contributed by atoms with E-state index in [9.17, 15) is 15.0 Å². The molecule has 1 atom stereocenters. The standard InChI is InChI=1S/C27H28N2O3/c1-4-5-8-21-16-29-24(17(2)15-18(3)26(29)28-21)25(30)20-13-11-19(12-14-20)22-9-6-7-10-23(22)27(31)32/h6-7,9-16,25,30H,4-5,8H2,1-3H3,(H,31,32). The Morgan fingerprint density at radius 2 is 1.78 bits per heavy atom. The maximum Gasteiger partial charge on any atom is 0.336 e. The van der Waals surface area contributed by atoms with Crippen molar-refractivity contribution in [1.82, 2.24) is 9.38 Å². The molecule has 32 heavy (non-hydrogen) atoms. The number of fused-ring (bicyclic) bond motifs is 1. The minimum absolute atomic E-state index is 0.259. The Balaban J connectivity index is 1.73. The number of nitrogens with zero attached hydrogens (tertiary/aromatic N) is 2. The lowest BCUT2D eigenvalue weighted by Gasteiger charge is -2.18. The summed E-state index contributed by atoms with van der Waals surface area (Å²) in [7, 11) is 0. The molecule has 164 valence electrons. The summed E-state index contributed by atoms with van der Waals surface area (Å²) in [6, 6.07) is 16.5. The van der Waals surface area contributed by atoms with Gasteiger partial charge in [-0.2, -0.15) is 0 Å². The number of carboxylic acids is 1. The van der Waals surface area contributed by atoms with E-state index in [4.69, 9.17) is 4.98 Å². The van der Waals surface area contributed by atoms with Crippen molar-refractivity contribution < 1.29 is 15.0 Å². The maximum atomic E-state index is 11.6. The smallest absolute Gasteiger partial charge is 0.336 e. The van der Waals surface area contributed by atoms with Gasteiger partial charge >= 0.3 is 5.97 Å². The molecule has 5 nitrogen and oxygen atoms in total. The van der Waals surface area contributed by atoms with Crippen molar-refractivity contribution in [2.24, 2.45) is 0 Å². The zero-order valence-corrected chi connectivity index (χ0v) is 18.7. The highest BCUT2D eigenvalue weighted by Gasteiger charge is 2.20. The molecule has 0 aliphatic carbocycles. The first-order chi connectivity index (χ1) is 15.4. The number of aryl methyl sites for hydroxylation is 3. The van der Waals surface area contributed by atoms with E-state index >= 15 is 0 Å². The zero-order chi connectivity index (χ0) is 22.8. The number of hydrogen-bond acceptors (Lipinski definition) is 3. The molecule has 0 amide bonds. The molecule has 2 aromatic carbocycles. The molecule has 5 heteroatoms. The van der Waals surface area contributed by atoms with Gasteiger partial charge in [-0.05, 0) is 60.6 Å². The van der Waals surface area contributed by atoms with E-state index < -0.39 is 12.1 Å². The topological polar surface area (TPSA) is 74.8 Å². The molecule has 0 fully saturated rings. The summed E-state index contributed by atoms with van der Waals surface area (Å²) in [5.41, 5.74) is 7.27. The lowest BCUT2D eigenvalue weighted by atomic mass is 9.96. The minimum atomic E-state index is -0.957. The van der Waals surface area contributed by atoms with E-state index in [0.29, 0.717) is 5.56 Å². The molecular formula is C27H28N2O3. The highest BCUT2D eigenvalue weighted by molar-refractivity contribution is 5.96. The van der Waals surface area contributed by atoms with E-state index in [1.165, 1.54) is 0 Å². The monoisotopic (exact) mass is 428 g/mol. The number of aromatic carboxylic acids is 1. The normalized spacial score (nSPS) is 12.2. The van der Waals surface area contributed by atoms with Gasteiger partial charge in [-0.25, -0.2) is 9.78 Å². The molecule has 2 N–H and O–H groups in total. The first kappa shape index (κ1) is 21.8. The van der Waals surface area contributed by atoms with Gasteiger partial charge < -0.3 is 14.6 Å². The fraction of sp³-hybridized carbons (Fsp3) is 0.259. The van der Waals surface area contributed by atoms with Gasteiger partial charge in [0.2, 0.25) is 0 Å². The van der Waals surface area contributed by atoms with E-state index in [1.54, 1.807) is 18.2 Å². The molecule has 2 aromatic heterocycles. The number of carboxylic acid groups (broad SMARTS) is 1. The second kappa shape index (κ2) is 8.97. The van der Waals surface area contributed by atoms with Gasteiger partial charge in [-0.3, -0.25) is 0 Å². The van der Waals surface area contributed by atoms with Crippen molar-refractivity contribution in [1.29, 1.82) is 0 Å². The molecular weight excluding hydrogens is 400 g/mol. The van der Waals surface area contributed by atoms with Crippen molar-refractivity contribution in [3.8, 4) is 11.1 Å². The Bertz CT molecular complexity index is 1270. The van der Waals surface area contributed by atoms with Gasteiger partial charge in [0.25, 0.3) is 0 Å². The van der Waals surface area contributed by atoms with Crippen LogP contribution in [0.1, 0.15) is 64.3 Å². The van der Waals surface area contributed by atoms with E-state index in [1.807, 2.05) is 54.8 Å². The summed E-state index contributed by atoms with van der Waals surface area (Å²) in [4.78, 5) is 16.4. The summed E-state index contributed by atoms with van der Waals surface area (Å²) in [5, 5.41) is 20.8. The van der Waals surface area contributed by atoms with Gasteiger partial charge in [-0.1, -0.05) is 61.9 Å². The van der Waals surface area contributed by atoms with Crippen LogP contribution in [-0.4, -0.2) is 25.6 Å². The second-order valence-corrected chi connectivity index (χ2v) is 8.30. The number of aliphatic hydroxyl groups excluding tert-OH is 1. The number of aromatic nitrogens is 2. The lowest BCUT2D eigenvalue weighted by molar-refractivity contribution is 0.0697. The van der Waals surface area contributed by atoms with Crippen LogP contribution in [0.3, 0.4) is 0 Å². The van der Waals surface area contributed by atoms with E-state index in [-0.39, 0.29) is 5.56 Å². The molecule has 2 heterocycles. The molecule has 0 radical (unpaired) electrons. The lowest BCUT2D eigenvalue weighted by Crippen LogP contribution is -2.09. The Kier molecular flexibility index (Phi) is 6.10. The number of rotatable bonds is 7. The fourth-order valence-corrected chi connectivity index (χ4v) is 4.29. The summed E-state index contributed by atoms with van der Waals surface area (Å²) in [6.07, 6.45) is 4.33. The Morgan fingerprint density at radius 1 is 1.06 bits per heavy atom. The molecule has 0 saturated heterocycles. The molecule has 4 aromatic rings. The van der Waals surface area contributed by atoms with Crippen LogP contribution in [0.5, 0.6) is 0 Å². The SMILES string of the molecule is CCCCc1cn2c(C(O)c3ccc(-c4ccccc4C(=O)O)cc3)c(C)cc(C)c2n1. The van der Waals surface area contributed by atoms with Crippen LogP contribution in [0, 0.1) is 13.8 Å². The van der Waals surface area contributed by atoms with Crippen LogP contribution in [0.15, 0.2) is 60.8 Å². The average Bonchev–Trinajstić information content (AvgIpc) is 3.22. The number of pyridine rings is 1. The highest BCUT2D eigenvalue weighted by Crippen LogP contribution is 2.30. The largest absolute Gasteiger partial charge is 0.478 e. The Morgan fingerprint density at radius 3 is 2.47 bits per heavy atom. The maximum absolute atomic E-state index is 11.6. The molecule has 0 saturated carbocycles. The highest BCUT2D eigenvalue weighted by atomic mass is 16.4. The third-order valence-electron chi connectivity index (χ3n) is 5.95. The third kappa shape index (κ3) is 4.04. The van der Waals surface area contributed by atoms with Gasteiger partial charge in [-0.15, -0.1) is 0 Å². The molecule has 0 aliphatic rings. The zero-order valence-electron chi connectivity index (χ0n) is 18.7. The summed E-state index contributed by atoms with van der Waals surface area (Å²) in [6.45, 7) is 6.22. The van der Waals surface area contributed by atoms with Crippen molar-refractivity contribution in [2.45, 2.75) is 46.1 Å². The Hall–Kier alpha value is -3.44. The third-order valence-corrected chi connectivity index (χ3v) is 5.95. The van der Waals surface area contributed by atoms with Crippen molar-refractivity contribution in [3.05, 3.63) is 94.4 Å². The number of aliphatic hydroxyl groups is 1. The van der Waals surface area contributed by atoms with Crippen molar-refractivity contribution in [3.63, 3.8) is 0 Å². The number of carbonyl (C=O) groups is 1. The molecule has 0 aliphatic heterocycles. The molecule has 4 rings (SSSR count). The first-order valence-electron chi connectivity index (χ1n) is 11.0. The van der Waals surface area contributed by atoms with Gasteiger partial charge in [0.1, 0.15) is 11.8 Å². The van der Waals surface area contributed by atoms with Crippen LogP contribution in [0.2, 0.25) is 0 Å². The fourth-order valence-electron chi connectivity index (χ4n) is 4.29. The number of hydrogen-bond donors (Lipinski definition) is 2. The van der Waals surface area contributed by atoms with Crippen LogP contribution in [0.25, 0.3) is 16.8 Å². The summed E-state index contributed by atoms with van der Waals surface area (Å²) >= 11 is 0. The predicted molar refractivity (Wildman–Crippen MR) is 126 cm³/mol. The number of imidazole rings is 1. The van der Waals surface area contributed by atoms with Crippen LogP contribution in [0.4, 0.5) is 0 Å². The van der Waals surface area contributed by atoms with Gasteiger partial charge in [0.15, 0.2) is 0 Å². The van der Waals surface area contributed by atoms with Crippen LogP contribution in [-0.2, 0) is 6.42 Å². The van der Waals surface area contributed by atoms with Crippen molar-refractivity contribution in [2.75, 3.05) is 0 Å². The number of unbranched alkanes of at least 4 members (excludes halogenated alkanes) is 1. The Labute approximate surface area is 188 Å². The van der Waals surface area contributed by atoms with Crippen LogP contribution >= 0.6 is 0 Å². The molecule has 1 unspecified atom stereocenters. The summed E-state index contributed by atoms with van der Waals surface area (Å²) < 4.78 is 2.02. The van der Waals surface area contributed by atoms with Gasteiger partial charge in [0, 0.05) is 6.20 Å². The predicted octanol–water partition coefficient (Wildman–Crippen LogP) is 5.74. The van der Waals surface area contributed by atoms with Gasteiger partial charge in [0.05, 0.1) is 17.0 Å². The summed E-state index contributed by atoms with van der Waals surface area (Å²) in [5.74, 6) is -0.957. The van der Waals surface area contributed by atoms with E-state index in [0.717, 1.165) is 58.6 Å². The number of benzene rings is 2. The first-order valence-corrected chi connectivity index (χ1v) is 11.0.